The lowest BCUT2D eigenvalue weighted by atomic mass is 10.1. The van der Waals surface area contributed by atoms with Gasteiger partial charge in [-0.2, -0.15) is 0 Å². The van der Waals surface area contributed by atoms with E-state index < -0.39 is 10.0 Å². The van der Waals surface area contributed by atoms with Crippen molar-refractivity contribution in [2.24, 2.45) is 0 Å². The predicted molar refractivity (Wildman–Crippen MR) is 146 cm³/mol. The highest BCUT2D eigenvalue weighted by Gasteiger charge is 2.17. The average molecular weight is 534 g/mol. The smallest absolute Gasteiger partial charge is 0.232 e. The van der Waals surface area contributed by atoms with E-state index in [4.69, 9.17) is 21.7 Å². The highest BCUT2D eigenvalue weighted by Crippen LogP contribution is 2.31. The average Bonchev–Trinajstić information content (AvgIpc) is 3.36. The Labute approximate surface area is 219 Å². The Morgan fingerprint density at radius 2 is 1.81 bits per heavy atom. The van der Waals surface area contributed by atoms with Crippen LogP contribution < -0.4 is 10.0 Å². The topological polar surface area (TPSA) is 114 Å². The van der Waals surface area contributed by atoms with Crippen LogP contribution in [0, 0.1) is 0 Å². The van der Waals surface area contributed by atoms with Gasteiger partial charge in [0.1, 0.15) is 5.52 Å². The number of halogens is 1. The second-order valence-corrected chi connectivity index (χ2v) is 10.5. The quantitative estimate of drug-likeness (QED) is 0.247. The molecule has 1 aromatic carbocycles. The zero-order valence-electron chi connectivity index (χ0n) is 19.8. The van der Waals surface area contributed by atoms with E-state index in [1.807, 2.05) is 60.8 Å². The first-order chi connectivity index (χ1) is 18.0. The van der Waals surface area contributed by atoms with Crippen molar-refractivity contribution in [1.29, 1.82) is 0 Å². The lowest BCUT2D eigenvalue weighted by Crippen LogP contribution is -2.17. The van der Waals surface area contributed by atoms with Gasteiger partial charge in [0.25, 0.3) is 0 Å². The fraction of sp³-hybridized carbons (Fsp3) is 0.154. The first-order valence-electron chi connectivity index (χ1n) is 11.6. The van der Waals surface area contributed by atoms with E-state index in [2.05, 4.69) is 20.0 Å². The molecule has 4 aromatic heterocycles. The molecular weight excluding hydrogens is 510 g/mol. The summed E-state index contributed by atoms with van der Waals surface area (Å²) in [6, 6.07) is 19.4. The van der Waals surface area contributed by atoms with E-state index in [0.29, 0.717) is 35.9 Å². The standard InChI is InChI=1S/C26H24ClN7O2S/c27-11-6-14-37(35,36)33-22-15-20(16-28-17-22)25-31-26(30-18-21-9-4-5-12-29-21)24-23(10-13-34(24)32-25)19-7-2-1-3-8-19/h1-5,7-10,12-13,15-17,33H,6,11,14,18H2,(H,30,31,32). The number of alkyl halides is 1. The molecule has 5 aromatic rings. The second-order valence-electron chi connectivity index (χ2n) is 8.27. The van der Waals surface area contributed by atoms with E-state index in [0.717, 1.165) is 22.3 Å². The number of anilines is 2. The van der Waals surface area contributed by atoms with Crippen molar-refractivity contribution in [3.8, 4) is 22.5 Å². The van der Waals surface area contributed by atoms with E-state index in [1.54, 1.807) is 23.0 Å². The monoisotopic (exact) mass is 533 g/mol. The highest BCUT2D eigenvalue weighted by atomic mass is 35.5. The minimum absolute atomic E-state index is 0.0730. The van der Waals surface area contributed by atoms with Crippen LogP contribution in [0.1, 0.15) is 12.1 Å². The molecule has 0 bridgehead atoms. The van der Waals surface area contributed by atoms with Crippen LogP contribution >= 0.6 is 11.6 Å². The fourth-order valence-corrected chi connectivity index (χ4v) is 5.28. The predicted octanol–water partition coefficient (Wildman–Crippen LogP) is 4.84. The summed E-state index contributed by atoms with van der Waals surface area (Å²) in [5.74, 6) is 1.20. The van der Waals surface area contributed by atoms with Crippen molar-refractivity contribution in [2.75, 3.05) is 21.7 Å². The van der Waals surface area contributed by atoms with Gasteiger partial charge in [-0.25, -0.2) is 17.9 Å². The molecule has 0 saturated heterocycles. The minimum Gasteiger partial charge on any atom is -0.363 e. The number of sulfonamides is 1. The SMILES string of the molecule is O=S(=O)(CCCCl)Nc1cncc(-c2nc(NCc3ccccn3)c3c(-c4ccccc4)ccn3n2)c1. The Morgan fingerprint density at radius 1 is 0.973 bits per heavy atom. The van der Waals surface area contributed by atoms with Gasteiger partial charge < -0.3 is 5.32 Å². The van der Waals surface area contributed by atoms with Crippen LogP contribution in [0.3, 0.4) is 0 Å². The summed E-state index contributed by atoms with van der Waals surface area (Å²) >= 11 is 5.65. The van der Waals surface area contributed by atoms with Crippen molar-refractivity contribution in [1.82, 2.24) is 24.6 Å². The summed E-state index contributed by atoms with van der Waals surface area (Å²) in [5.41, 5.74) is 4.60. The fourth-order valence-electron chi connectivity index (χ4n) is 3.89. The molecule has 0 amide bonds. The number of fused-ring (bicyclic) bond motifs is 1. The number of hydrogen-bond acceptors (Lipinski definition) is 7. The van der Waals surface area contributed by atoms with Gasteiger partial charge in [0.15, 0.2) is 11.6 Å². The van der Waals surface area contributed by atoms with Crippen molar-refractivity contribution in [3.63, 3.8) is 0 Å². The van der Waals surface area contributed by atoms with E-state index in [9.17, 15) is 8.42 Å². The Morgan fingerprint density at radius 3 is 2.59 bits per heavy atom. The van der Waals surface area contributed by atoms with Gasteiger partial charge in [0, 0.05) is 35.6 Å². The number of benzene rings is 1. The van der Waals surface area contributed by atoms with Crippen LogP contribution in [-0.4, -0.2) is 44.6 Å². The van der Waals surface area contributed by atoms with Gasteiger partial charge in [-0.15, -0.1) is 16.7 Å². The molecule has 37 heavy (non-hydrogen) atoms. The van der Waals surface area contributed by atoms with Crippen LogP contribution in [0.2, 0.25) is 0 Å². The van der Waals surface area contributed by atoms with Gasteiger partial charge in [-0.05, 0) is 36.2 Å². The third-order valence-corrected chi connectivity index (χ3v) is 7.22. The zero-order valence-corrected chi connectivity index (χ0v) is 21.3. The van der Waals surface area contributed by atoms with E-state index in [1.165, 1.54) is 6.20 Å². The Bertz CT molecular complexity index is 1610. The maximum atomic E-state index is 12.3. The molecule has 0 aliphatic heterocycles. The number of rotatable bonds is 10. The molecule has 0 saturated carbocycles. The van der Waals surface area contributed by atoms with Crippen LogP contribution in [0.25, 0.3) is 28.0 Å². The van der Waals surface area contributed by atoms with Crippen molar-refractivity contribution < 1.29 is 8.42 Å². The summed E-state index contributed by atoms with van der Waals surface area (Å²) in [6.45, 7) is 0.463. The van der Waals surface area contributed by atoms with Gasteiger partial charge in [-0.1, -0.05) is 36.4 Å². The lowest BCUT2D eigenvalue weighted by molar-refractivity contribution is 0.600. The molecule has 0 unspecified atom stereocenters. The Hall–Kier alpha value is -4.02. The molecule has 0 radical (unpaired) electrons. The molecule has 4 heterocycles. The highest BCUT2D eigenvalue weighted by molar-refractivity contribution is 7.92. The van der Waals surface area contributed by atoms with Crippen LogP contribution in [0.4, 0.5) is 11.5 Å². The van der Waals surface area contributed by atoms with Crippen LogP contribution in [-0.2, 0) is 16.6 Å². The Kier molecular flexibility index (Phi) is 7.29. The third kappa shape index (κ3) is 5.87. The summed E-state index contributed by atoms with van der Waals surface area (Å²) in [7, 11) is -3.54. The molecule has 0 fully saturated rings. The zero-order chi connectivity index (χ0) is 25.7. The molecule has 11 heteroatoms. The van der Waals surface area contributed by atoms with Crippen LogP contribution in [0.5, 0.6) is 0 Å². The lowest BCUT2D eigenvalue weighted by Gasteiger charge is -2.12. The van der Waals surface area contributed by atoms with Gasteiger partial charge >= 0.3 is 0 Å². The van der Waals surface area contributed by atoms with E-state index in [-0.39, 0.29) is 11.6 Å². The molecule has 0 atom stereocenters. The normalized spacial score (nSPS) is 11.5. The first-order valence-corrected chi connectivity index (χ1v) is 13.8. The molecule has 9 nitrogen and oxygen atoms in total. The van der Waals surface area contributed by atoms with Crippen LogP contribution in [0.15, 0.2) is 85.5 Å². The van der Waals surface area contributed by atoms with E-state index >= 15 is 0 Å². The maximum absolute atomic E-state index is 12.3. The summed E-state index contributed by atoms with van der Waals surface area (Å²) < 4.78 is 29.0. The first kappa shape index (κ1) is 24.7. The molecule has 0 aliphatic carbocycles. The number of nitrogens with one attached hydrogen (secondary N) is 2. The number of hydrogen-bond donors (Lipinski definition) is 2. The summed E-state index contributed by atoms with van der Waals surface area (Å²) in [6.07, 6.45) is 7.02. The number of pyridine rings is 2. The third-order valence-electron chi connectivity index (χ3n) is 5.58. The van der Waals surface area contributed by atoms with Crippen molar-refractivity contribution in [2.45, 2.75) is 13.0 Å². The largest absolute Gasteiger partial charge is 0.363 e. The number of nitrogens with zero attached hydrogens (tertiary/aromatic N) is 5. The summed E-state index contributed by atoms with van der Waals surface area (Å²) in [4.78, 5) is 13.4. The second kappa shape index (κ2) is 10.9. The molecule has 188 valence electrons. The number of aromatic nitrogens is 5. The maximum Gasteiger partial charge on any atom is 0.232 e. The molecular formula is C26H24ClN7O2S. The molecule has 2 N–H and O–H groups in total. The molecule has 0 spiro atoms. The van der Waals surface area contributed by atoms with Gasteiger partial charge in [0.05, 0.1) is 29.9 Å². The van der Waals surface area contributed by atoms with Crippen molar-refractivity contribution in [3.05, 3.63) is 91.1 Å². The Balaban J connectivity index is 1.55. The minimum atomic E-state index is -3.54. The van der Waals surface area contributed by atoms with Gasteiger partial charge in [0.2, 0.25) is 10.0 Å². The van der Waals surface area contributed by atoms with Gasteiger partial charge in [-0.3, -0.25) is 14.7 Å². The summed E-state index contributed by atoms with van der Waals surface area (Å²) in [5, 5.41) is 8.12. The molecule has 5 rings (SSSR count). The molecule has 0 aliphatic rings. The van der Waals surface area contributed by atoms with Crippen molar-refractivity contribution >= 4 is 38.6 Å².